The highest BCUT2D eigenvalue weighted by molar-refractivity contribution is 7.13. The van der Waals surface area contributed by atoms with Gasteiger partial charge in [0.15, 0.2) is 0 Å². The Labute approximate surface area is 120 Å². The molecule has 2 aromatic rings. The quantitative estimate of drug-likeness (QED) is 0.895. The molecule has 20 heavy (non-hydrogen) atoms. The number of amides is 1. The maximum absolute atomic E-state index is 12.1. The van der Waals surface area contributed by atoms with Gasteiger partial charge in [-0.1, -0.05) is 13.8 Å². The molecule has 1 amide bonds. The molecule has 2 heterocycles. The summed E-state index contributed by atoms with van der Waals surface area (Å²) in [6, 6.07) is 1.36. The minimum Gasteiger partial charge on any atom is -0.346 e. The molecule has 0 spiro atoms. The van der Waals surface area contributed by atoms with Gasteiger partial charge in [-0.05, 0) is 6.92 Å². The lowest BCUT2D eigenvalue weighted by atomic mass is 10.2. The first-order valence-electron chi connectivity index (χ1n) is 6.26. The second-order valence-electron chi connectivity index (χ2n) is 4.71. The minimum absolute atomic E-state index is 0.186. The predicted octanol–water partition coefficient (Wildman–Crippen LogP) is 1.59. The number of carbonyl (C=O) groups excluding carboxylic acids is 1. The zero-order chi connectivity index (χ0) is 14.7. The van der Waals surface area contributed by atoms with Gasteiger partial charge in [0.05, 0.1) is 29.3 Å². The molecule has 7 heteroatoms. The second-order valence-corrected chi connectivity index (χ2v) is 5.74. The van der Waals surface area contributed by atoms with Crippen molar-refractivity contribution in [3.63, 3.8) is 0 Å². The van der Waals surface area contributed by atoms with Crippen LogP contribution in [0, 0.1) is 6.92 Å². The van der Waals surface area contributed by atoms with Crippen LogP contribution >= 0.6 is 11.3 Å². The molecule has 0 saturated carbocycles. The molecular weight excluding hydrogens is 276 g/mol. The van der Waals surface area contributed by atoms with E-state index in [1.54, 1.807) is 0 Å². The van der Waals surface area contributed by atoms with E-state index in [0.29, 0.717) is 16.5 Å². The third kappa shape index (κ3) is 3.30. The van der Waals surface area contributed by atoms with E-state index in [-0.39, 0.29) is 18.0 Å². The van der Waals surface area contributed by atoms with Crippen LogP contribution in [-0.2, 0) is 6.54 Å². The smallest absolute Gasteiger partial charge is 0.263 e. The first kappa shape index (κ1) is 14.4. The third-order valence-electron chi connectivity index (χ3n) is 2.68. The number of nitrogens with one attached hydrogen (secondary N) is 2. The van der Waals surface area contributed by atoms with Crippen molar-refractivity contribution in [2.75, 3.05) is 0 Å². The van der Waals surface area contributed by atoms with Gasteiger partial charge in [-0.3, -0.25) is 9.59 Å². The monoisotopic (exact) mass is 292 g/mol. The van der Waals surface area contributed by atoms with Gasteiger partial charge < -0.3 is 10.3 Å². The topological polar surface area (TPSA) is 87.7 Å². The van der Waals surface area contributed by atoms with Crippen LogP contribution in [0.3, 0.4) is 0 Å². The largest absolute Gasteiger partial charge is 0.346 e. The Morgan fingerprint density at radius 2 is 2.25 bits per heavy atom. The standard InChI is InChI=1S/C13H16N4O2S/c1-7(2)13-17-8(3)11(20-13)12(19)14-5-9-4-10(18)16-6-15-9/h4,6-7H,5H2,1-3H3,(H,14,19)(H,15,16,18). The van der Waals surface area contributed by atoms with Gasteiger partial charge in [0.1, 0.15) is 4.88 Å². The minimum atomic E-state index is -0.236. The highest BCUT2D eigenvalue weighted by Gasteiger charge is 2.16. The highest BCUT2D eigenvalue weighted by atomic mass is 32.1. The Bertz CT molecular complexity index is 675. The zero-order valence-electron chi connectivity index (χ0n) is 11.6. The van der Waals surface area contributed by atoms with E-state index in [1.807, 2.05) is 20.8 Å². The van der Waals surface area contributed by atoms with Crippen LogP contribution in [0.4, 0.5) is 0 Å². The van der Waals surface area contributed by atoms with Crippen molar-refractivity contribution < 1.29 is 4.79 Å². The van der Waals surface area contributed by atoms with Crippen molar-refractivity contribution in [1.82, 2.24) is 20.3 Å². The Hall–Kier alpha value is -2.02. The predicted molar refractivity (Wildman–Crippen MR) is 77.0 cm³/mol. The van der Waals surface area contributed by atoms with Crippen LogP contribution in [0.1, 0.15) is 45.8 Å². The molecule has 2 aromatic heterocycles. The van der Waals surface area contributed by atoms with Crippen LogP contribution in [0.5, 0.6) is 0 Å². The molecular formula is C13H16N4O2S. The van der Waals surface area contributed by atoms with Crippen molar-refractivity contribution in [3.05, 3.63) is 44.0 Å². The van der Waals surface area contributed by atoms with Gasteiger partial charge in [-0.2, -0.15) is 0 Å². The maximum Gasteiger partial charge on any atom is 0.263 e. The molecule has 2 rings (SSSR count). The van der Waals surface area contributed by atoms with Crippen LogP contribution in [0.2, 0.25) is 0 Å². The van der Waals surface area contributed by atoms with Crippen molar-refractivity contribution in [3.8, 4) is 0 Å². The van der Waals surface area contributed by atoms with Gasteiger partial charge in [-0.15, -0.1) is 11.3 Å². The average molecular weight is 292 g/mol. The zero-order valence-corrected chi connectivity index (χ0v) is 12.4. The number of H-pyrrole nitrogens is 1. The molecule has 0 saturated heterocycles. The van der Waals surface area contributed by atoms with Gasteiger partial charge in [0, 0.05) is 12.0 Å². The van der Waals surface area contributed by atoms with E-state index in [2.05, 4.69) is 20.3 Å². The third-order valence-corrected chi connectivity index (χ3v) is 4.13. The fourth-order valence-electron chi connectivity index (χ4n) is 1.63. The molecule has 6 nitrogen and oxygen atoms in total. The normalized spacial score (nSPS) is 10.8. The van der Waals surface area contributed by atoms with Gasteiger partial charge in [0.2, 0.25) is 0 Å². The number of rotatable bonds is 4. The summed E-state index contributed by atoms with van der Waals surface area (Å²) in [7, 11) is 0. The first-order chi connectivity index (χ1) is 9.47. The Balaban J connectivity index is 2.07. The van der Waals surface area contributed by atoms with Crippen LogP contribution in [0.25, 0.3) is 0 Å². The van der Waals surface area contributed by atoms with E-state index in [4.69, 9.17) is 0 Å². The first-order valence-corrected chi connectivity index (χ1v) is 7.08. The van der Waals surface area contributed by atoms with Crippen LogP contribution in [-0.4, -0.2) is 20.9 Å². The molecule has 0 aromatic carbocycles. The van der Waals surface area contributed by atoms with E-state index in [9.17, 15) is 9.59 Å². The average Bonchev–Trinajstić information content (AvgIpc) is 2.78. The number of hydrogen-bond acceptors (Lipinski definition) is 5. The molecule has 0 atom stereocenters. The molecule has 0 fully saturated rings. The molecule has 106 valence electrons. The number of carbonyl (C=O) groups is 1. The lowest BCUT2D eigenvalue weighted by Gasteiger charge is -2.02. The van der Waals surface area contributed by atoms with Crippen LogP contribution in [0.15, 0.2) is 17.2 Å². The summed E-state index contributed by atoms with van der Waals surface area (Å²) in [5, 5.41) is 3.70. The summed E-state index contributed by atoms with van der Waals surface area (Å²) in [6.07, 6.45) is 1.32. The summed E-state index contributed by atoms with van der Waals surface area (Å²) < 4.78 is 0. The van der Waals surface area contributed by atoms with E-state index in [1.165, 1.54) is 23.7 Å². The number of thiazole rings is 1. The highest BCUT2D eigenvalue weighted by Crippen LogP contribution is 2.24. The lowest BCUT2D eigenvalue weighted by molar-refractivity contribution is 0.0953. The molecule has 0 aliphatic rings. The lowest BCUT2D eigenvalue weighted by Crippen LogP contribution is -2.24. The van der Waals surface area contributed by atoms with Crippen LogP contribution < -0.4 is 10.9 Å². The summed E-state index contributed by atoms with van der Waals surface area (Å²) in [4.78, 5) is 34.6. The molecule has 0 bridgehead atoms. The number of hydrogen-bond donors (Lipinski definition) is 2. The summed E-state index contributed by atoms with van der Waals surface area (Å²) in [5.74, 6) is 0.114. The van der Waals surface area contributed by atoms with Crippen molar-refractivity contribution in [1.29, 1.82) is 0 Å². The number of aromatic nitrogens is 3. The number of aromatic amines is 1. The fourth-order valence-corrected chi connectivity index (χ4v) is 2.62. The van der Waals surface area contributed by atoms with E-state index < -0.39 is 0 Å². The molecule has 0 aliphatic carbocycles. The Morgan fingerprint density at radius 1 is 1.50 bits per heavy atom. The van der Waals surface area contributed by atoms with Gasteiger partial charge >= 0.3 is 0 Å². The molecule has 0 radical (unpaired) electrons. The summed E-state index contributed by atoms with van der Waals surface area (Å²) in [5.41, 5.74) is 1.02. The van der Waals surface area contributed by atoms with E-state index >= 15 is 0 Å². The molecule has 0 aliphatic heterocycles. The number of aryl methyl sites for hydroxylation is 1. The van der Waals surface area contributed by atoms with Crippen molar-refractivity contribution in [2.24, 2.45) is 0 Å². The van der Waals surface area contributed by atoms with Gasteiger partial charge in [0.25, 0.3) is 11.5 Å². The Morgan fingerprint density at radius 3 is 2.85 bits per heavy atom. The Kier molecular flexibility index (Phi) is 4.29. The van der Waals surface area contributed by atoms with Crippen molar-refractivity contribution >= 4 is 17.2 Å². The second kappa shape index (κ2) is 5.96. The molecule has 0 unspecified atom stereocenters. The maximum atomic E-state index is 12.1. The van der Waals surface area contributed by atoms with Gasteiger partial charge in [-0.25, -0.2) is 9.97 Å². The summed E-state index contributed by atoms with van der Waals surface area (Å²) in [6.45, 7) is 6.13. The molecule has 2 N–H and O–H groups in total. The SMILES string of the molecule is Cc1nc(C(C)C)sc1C(=O)NCc1cc(=O)[nH]cn1. The van der Waals surface area contributed by atoms with E-state index in [0.717, 1.165) is 10.7 Å². The number of nitrogens with zero attached hydrogens (tertiary/aromatic N) is 2. The fraction of sp³-hybridized carbons (Fsp3) is 0.385. The van der Waals surface area contributed by atoms with Crippen molar-refractivity contribution in [2.45, 2.75) is 33.2 Å². The summed E-state index contributed by atoms with van der Waals surface area (Å²) >= 11 is 1.40.